The Morgan fingerprint density at radius 3 is 2.84 bits per heavy atom. The molecule has 4 nitrogen and oxygen atoms in total. The van der Waals surface area contributed by atoms with Crippen LogP contribution in [0.3, 0.4) is 0 Å². The first kappa shape index (κ1) is 13.9. The Balaban J connectivity index is 2.05. The van der Waals surface area contributed by atoms with Gasteiger partial charge in [0.05, 0.1) is 0 Å². The van der Waals surface area contributed by atoms with Gasteiger partial charge < -0.3 is 16.2 Å². The van der Waals surface area contributed by atoms with Crippen LogP contribution in [0.5, 0.6) is 5.75 Å². The highest BCUT2D eigenvalue weighted by Crippen LogP contribution is 2.24. The molecule has 4 N–H and O–H groups in total. The third-order valence-electron chi connectivity index (χ3n) is 3.99. The zero-order chi connectivity index (χ0) is 13.8. The number of amides is 1. The van der Waals surface area contributed by atoms with Gasteiger partial charge in [0.2, 0.25) is 0 Å². The Kier molecular flexibility index (Phi) is 4.43. The first-order valence-electron chi connectivity index (χ1n) is 6.92. The van der Waals surface area contributed by atoms with E-state index in [4.69, 9.17) is 5.73 Å². The normalized spacial score (nSPS) is 23.1. The molecule has 19 heavy (non-hydrogen) atoms. The zero-order valence-electron chi connectivity index (χ0n) is 11.4. The largest absolute Gasteiger partial charge is 0.508 e. The first-order valence-corrected chi connectivity index (χ1v) is 6.92. The third kappa shape index (κ3) is 3.26. The van der Waals surface area contributed by atoms with Crippen LogP contribution in [0.2, 0.25) is 0 Å². The van der Waals surface area contributed by atoms with E-state index in [1.807, 2.05) is 0 Å². The predicted octanol–water partition coefficient (Wildman–Crippen LogP) is 1.95. The highest BCUT2D eigenvalue weighted by Gasteiger charge is 2.25. The van der Waals surface area contributed by atoms with E-state index in [0.717, 1.165) is 19.3 Å². The fourth-order valence-corrected chi connectivity index (χ4v) is 2.73. The number of aromatic hydroxyl groups is 1. The Morgan fingerprint density at radius 1 is 1.42 bits per heavy atom. The van der Waals surface area contributed by atoms with Gasteiger partial charge in [-0.1, -0.05) is 12.8 Å². The number of phenolic OH excluding ortho intramolecular Hbond substituents is 1. The number of nitrogens with one attached hydrogen (secondary N) is 1. The van der Waals surface area contributed by atoms with Crippen LogP contribution >= 0.6 is 0 Å². The van der Waals surface area contributed by atoms with Crippen molar-refractivity contribution in [3.63, 3.8) is 0 Å². The molecular weight excluding hydrogens is 240 g/mol. The minimum Gasteiger partial charge on any atom is -0.508 e. The fourth-order valence-electron chi connectivity index (χ4n) is 2.73. The number of nitrogens with two attached hydrogens (primary N) is 1. The minimum atomic E-state index is -0.0755. The van der Waals surface area contributed by atoms with Crippen molar-refractivity contribution in [1.82, 2.24) is 5.32 Å². The van der Waals surface area contributed by atoms with Crippen LogP contribution in [-0.2, 0) is 0 Å². The van der Waals surface area contributed by atoms with Gasteiger partial charge in [-0.3, -0.25) is 4.79 Å². The summed E-state index contributed by atoms with van der Waals surface area (Å²) in [6.07, 6.45) is 4.45. The standard InChI is InChI=1S/C15H22N2O2/c1-10-8-11(6-7-14(10)18)15(19)17-13-5-3-2-4-12(13)9-16/h6-8,12-13,18H,2-5,9,16H2,1H3,(H,17,19). The average molecular weight is 262 g/mol. The van der Waals surface area contributed by atoms with Gasteiger partial charge in [0.1, 0.15) is 5.75 Å². The van der Waals surface area contributed by atoms with Gasteiger partial charge in [-0.2, -0.15) is 0 Å². The molecule has 1 amide bonds. The van der Waals surface area contributed by atoms with Crippen LogP contribution in [0.15, 0.2) is 18.2 Å². The lowest BCUT2D eigenvalue weighted by Crippen LogP contribution is -2.44. The molecule has 0 saturated heterocycles. The summed E-state index contributed by atoms with van der Waals surface area (Å²) in [7, 11) is 0. The number of carbonyl (C=O) groups excluding carboxylic acids is 1. The number of rotatable bonds is 3. The van der Waals surface area contributed by atoms with Crippen LogP contribution in [0, 0.1) is 12.8 Å². The lowest BCUT2D eigenvalue weighted by molar-refractivity contribution is 0.0908. The third-order valence-corrected chi connectivity index (χ3v) is 3.99. The van der Waals surface area contributed by atoms with Crippen molar-refractivity contribution in [3.8, 4) is 5.75 Å². The molecule has 0 heterocycles. The van der Waals surface area contributed by atoms with E-state index in [9.17, 15) is 9.90 Å². The maximum absolute atomic E-state index is 12.2. The fraction of sp³-hybridized carbons (Fsp3) is 0.533. The van der Waals surface area contributed by atoms with Crippen molar-refractivity contribution in [2.75, 3.05) is 6.54 Å². The SMILES string of the molecule is Cc1cc(C(=O)NC2CCCCC2CN)ccc1O. The molecular formula is C15H22N2O2. The van der Waals surface area contributed by atoms with Crippen molar-refractivity contribution >= 4 is 5.91 Å². The molecule has 1 aromatic rings. The predicted molar refractivity (Wildman–Crippen MR) is 75.1 cm³/mol. The summed E-state index contributed by atoms with van der Waals surface area (Å²) in [5, 5.41) is 12.6. The highest BCUT2D eigenvalue weighted by molar-refractivity contribution is 5.94. The van der Waals surface area contributed by atoms with E-state index in [1.54, 1.807) is 25.1 Å². The Bertz CT molecular complexity index is 459. The molecule has 1 aromatic carbocycles. The summed E-state index contributed by atoms with van der Waals surface area (Å²) >= 11 is 0. The molecule has 2 rings (SSSR count). The van der Waals surface area contributed by atoms with E-state index in [-0.39, 0.29) is 17.7 Å². The molecule has 0 aliphatic heterocycles. The van der Waals surface area contributed by atoms with Crippen LogP contribution < -0.4 is 11.1 Å². The smallest absolute Gasteiger partial charge is 0.251 e. The minimum absolute atomic E-state index is 0.0755. The monoisotopic (exact) mass is 262 g/mol. The van der Waals surface area contributed by atoms with E-state index in [1.165, 1.54) is 6.42 Å². The summed E-state index contributed by atoms with van der Waals surface area (Å²) < 4.78 is 0. The van der Waals surface area contributed by atoms with E-state index in [2.05, 4.69) is 5.32 Å². The van der Waals surface area contributed by atoms with Gasteiger partial charge in [-0.15, -0.1) is 0 Å². The Morgan fingerprint density at radius 2 is 2.16 bits per heavy atom. The Hall–Kier alpha value is -1.55. The van der Waals surface area contributed by atoms with Crippen molar-refractivity contribution in [2.24, 2.45) is 11.7 Å². The maximum Gasteiger partial charge on any atom is 0.251 e. The summed E-state index contributed by atoms with van der Waals surface area (Å²) in [6, 6.07) is 5.11. The van der Waals surface area contributed by atoms with Gasteiger partial charge in [0.15, 0.2) is 0 Å². The van der Waals surface area contributed by atoms with Crippen LogP contribution in [0.4, 0.5) is 0 Å². The molecule has 1 saturated carbocycles. The second kappa shape index (κ2) is 6.06. The maximum atomic E-state index is 12.2. The average Bonchev–Trinajstić information content (AvgIpc) is 2.42. The molecule has 0 radical (unpaired) electrons. The van der Waals surface area contributed by atoms with E-state index >= 15 is 0 Å². The van der Waals surface area contributed by atoms with E-state index in [0.29, 0.717) is 23.6 Å². The van der Waals surface area contributed by atoms with Crippen LogP contribution in [0.1, 0.15) is 41.6 Å². The van der Waals surface area contributed by atoms with Crippen molar-refractivity contribution in [2.45, 2.75) is 38.6 Å². The van der Waals surface area contributed by atoms with Crippen molar-refractivity contribution in [1.29, 1.82) is 0 Å². The number of hydrogen-bond donors (Lipinski definition) is 3. The number of hydrogen-bond acceptors (Lipinski definition) is 3. The number of carbonyl (C=O) groups is 1. The molecule has 0 spiro atoms. The number of aryl methyl sites for hydroxylation is 1. The van der Waals surface area contributed by atoms with E-state index < -0.39 is 0 Å². The first-order chi connectivity index (χ1) is 9.11. The summed E-state index contributed by atoms with van der Waals surface area (Å²) in [6.45, 7) is 2.41. The van der Waals surface area contributed by atoms with Gasteiger partial charge in [-0.25, -0.2) is 0 Å². The van der Waals surface area contributed by atoms with Gasteiger partial charge in [0, 0.05) is 11.6 Å². The Labute approximate surface area is 114 Å². The topological polar surface area (TPSA) is 75.4 Å². The van der Waals surface area contributed by atoms with Crippen molar-refractivity contribution < 1.29 is 9.90 Å². The molecule has 1 aliphatic rings. The number of phenols is 1. The number of benzene rings is 1. The van der Waals surface area contributed by atoms with Crippen LogP contribution in [0.25, 0.3) is 0 Å². The zero-order valence-corrected chi connectivity index (χ0v) is 11.4. The highest BCUT2D eigenvalue weighted by atomic mass is 16.3. The summed E-state index contributed by atoms with van der Waals surface area (Å²) in [5.41, 5.74) is 7.08. The summed E-state index contributed by atoms with van der Waals surface area (Å²) in [4.78, 5) is 12.2. The molecule has 2 unspecified atom stereocenters. The molecule has 0 bridgehead atoms. The van der Waals surface area contributed by atoms with Crippen LogP contribution in [-0.4, -0.2) is 23.6 Å². The molecule has 1 aliphatic carbocycles. The lowest BCUT2D eigenvalue weighted by Gasteiger charge is -2.31. The molecule has 2 atom stereocenters. The lowest BCUT2D eigenvalue weighted by atomic mass is 9.84. The van der Waals surface area contributed by atoms with Gasteiger partial charge in [0.25, 0.3) is 5.91 Å². The summed E-state index contributed by atoms with van der Waals surface area (Å²) in [5.74, 6) is 0.526. The quantitative estimate of drug-likeness (QED) is 0.779. The van der Waals surface area contributed by atoms with Crippen molar-refractivity contribution in [3.05, 3.63) is 29.3 Å². The van der Waals surface area contributed by atoms with Gasteiger partial charge >= 0.3 is 0 Å². The second-order valence-electron chi connectivity index (χ2n) is 5.36. The second-order valence-corrected chi connectivity index (χ2v) is 5.36. The van der Waals surface area contributed by atoms with Gasteiger partial charge in [-0.05, 0) is 56.0 Å². The molecule has 0 aromatic heterocycles. The molecule has 1 fully saturated rings. The molecule has 104 valence electrons. The molecule has 4 heteroatoms.